The van der Waals surface area contributed by atoms with Crippen LogP contribution in [0.2, 0.25) is 0 Å². The molecule has 0 saturated carbocycles. The number of carbonyl (C=O) groups is 4. The number of carbonyl (C=O) groups excluding carboxylic acids is 4. The Hall–Kier alpha value is -4.26. The summed E-state index contributed by atoms with van der Waals surface area (Å²) in [6.07, 6.45) is 2.17. The largest absolute Gasteiger partial charge is 0.493 e. The molecule has 5 amide bonds. The van der Waals surface area contributed by atoms with Crippen LogP contribution in [-0.4, -0.2) is 57.9 Å². The van der Waals surface area contributed by atoms with Crippen molar-refractivity contribution < 1.29 is 28.7 Å². The van der Waals surface area contributed by atoms with Gasteiger partial charge in [0.1, 0.15) is 33.9 Å². The molecular formula is C29H34N6O6S. The van der Waals surface area contributed by atoms with Gasteiger partial charge < -0.3 is 19.7 Å². The number of amides is 5. The standard InChI is InChI=1S/C29H34N6O6S/c1-5-11-40-16-13-20(41-12-6-2)24-21(14-16)42-27(33-24)29(3,4)34-28(39)31-22-9-7-17-18(30-22)15-35(26(17)38)19-8-10-23(36)32-25(19)37/h7,9,13-14,19H,5-6,8,10-12,15H2,1-4H3,(H,32,36,37)(H2,30,31,34,39). The molecule has 5 rings (SSSR count). The first-order valence-corrected chi connectivity index (χ1v) is 14.9. The summed E-state index contributed by atoms with van der Waals surface area (Å²) in [5, 5.41) is 8.68. The summed E-state index contributed by atoms with van der Waals surface area (Å²) < 4.78 is 12.7. The Kier molecular flexibility index (Phi) is 8.30. The van der Waals surface area contributed by atoms with E-state index in [4.69, 9.17) is 14.5 Å². The lowest BCUT2D eigenvalue weighted by Crippen LogP contribution is -2.52. The molecule has 0 bridgehead atoms. The Morgan fingerprint density at radius 2 is 1.88 bits per heavy atom. The van der Waals surface area contributed by atoms with Gasteiger partial charge in [-0.1, -0.05) is 13.8 Å². The van der Waals surface area contributed by atoms with E-state index in [2.05, 4.69) is 20.9 Å². The van der Waals surface area contributed by atoms with Crippen molar-refractivity contribution in [1.29, 1.82) is 0 Å². The molecule has 0 radical (unpaired) electrons. The minimum Gasteiger partial charge on any atom is -0.493 e. The van der Waals surface area contributed by atoms with Crippen molar-refractivity contribution in [2.45, 2.75) is 71.5 Å². The van der Waals surface area contributed by atoms with Gasteiger partial charge >= 0.3 is 6.03 Å². The number of aromatic nitrogens is 2. The molecule has 0 spiro atoms. The van der Waals surface area contributed by atoms with Crippen LogP contribution in [0, 0.1) is 0 Å². The fourth-order valence-electron chi connectivity index (χ4n) is 4.86. The molecule has 1 atom stereocenters. The Morgan fingerprint density at radius 3 is 2.62 bits per heavy atom. The quantitative estimate of drug-likeness (QED) is 0.297. The van der Waals surface area contributed by atoms with E-state index in [1.807, 2.05) is 39.8 Å². The molecule has 1 unspecified atom stereocenters. The maximum absolute atomic E-state index is 13.1. The minimum atomic E-state index is -0.838. The van der Waals surface area contributed by atoms with Gasteiger partial charge in [0.05, 0.1) is 41.3 Å². The first-order chi connectivity index (χ1) is 20.1. The maximum atomic E-state index is 13.1. The molecule has 2 aliphatic rings. The van der Waals surface area contributed by atoms with E-state index in [-0.39, 0.29) is 37.0 Å². The molecule has 3 N–H and O–H groups in total. The summed E-state index contributed by atoms with van der Waals surface area (Å²) in [6, 6.07) is 5.70. The van der Waals surface area contributed by atoms with Crippen molar-refractivity contribution in [2.24, 2.45) is 0 Å². The van der Waals surface area contributed by atoms with Gasteiger partial charge in [-0.25, -0.2) is 14.8 Å². The average Bonchev–Trinajstić information content (AvgIpc) is 3.52. The normalized spacial score (nSPS) is 16.8. The van der Waals surface area contributed by atoms with E-state index in [9.17, 15) is 19.2 Å². The van der Waals surface area contributed by atoms with Crippen LogP contribution in [0.1, 0.15) is 74.4 Å². The lowest BCUT2D eigenvalue weighted by Gasteiger charge is -2.29. The van der Waals surface area contributed by atoms with E-state index >= 15 is 0 Å². The zero-order chi connectivity index (χ0) is 30.0. The highest BCUT2D eigenvalue weighted by Gasteiger charge is 2.40. The Balaban J connectivity index is 1.29. The van der Waals surface area contributed by atoms with Gasteiger partial charge in [0.25, 0.3) is 5.91 Å². The summed E-state index contributed by atoms with van der Waals surface area (Å²) in [6.45, 7) is 9.06. The number of nitrogens with zero attached hydrogens (tertiary/aromatic N) is 3. The minimum absolute atomic E-state index is 0.112. The number of thiazole rings is 1. The van der Waals surface area contributed by atoms with Gasteiger partial charge in [0.2, 0.25) is 11.8 Å². The SMILES string of the molecule is CCCOc1cc(OCCC)c2nc(C(C)(C)NC(=O)Nc3ccc4c(n3)CN(C3CCC(=O)NC3=O)C4=O)sc2c1. The number of ether oxygens (including phenoxy) is 2. The van der Waals surface area contributed by atoms with Crippen LogP contribution in [0.5, 0.6) is 11.5 Å². The number of anilines is 1. The van der Waals surface area contributed by atoms with Gasteiger partial charge in [-0.2, -0.15) is 0 Å². The fraction of sp³-hybridized carbons (Fsp3) is 0.448. The molecule has 0 aliphatic carbocycles. The second kappa shape index (κ2) is 11.9. The van der Waals surface area contributed by atoms with Crippen LogP contribution in [0.25, 0.3) is 10.2 Å². The van der Waals surface area contributed by atoms with Crippen LogP contribution in [-0.2, 0) is 21.7 Å². The van der Waals surface area contributed by atoms with Crippen molar-refractivity contribution in [1.82, 2.24) is 25.5 Å². The molecular weight excluding hydrogens is 560 g/mol. The number of fused-ring (bicyclic) bond motifs is 2. The molecule has 3 aromatic rings. The third-order valence-corrected chi connectivity index (χ3v) is 8.27. The highest BCUT2D eigenvalue weighted by atomic mass is 32.1. The average molecular weight is 595 g/mol. The smallest absolute Gasteiger partial charge is 0.321 e. The summed E-state index contributed by atoms with van der Waals surface area (Å²) in [5.41, 5.74) is 0.695. The second-order valence-electron chi connectivity index (χ2n) is 10.8. The summed E-state index contributed by atoms with van der Waals surface area (Å²) in [7, 11) is 0. The van der Waals surface area contributed by atoms with Crippen molar-refractivity contribution in [3.8, 4) is 11.5 Å². The van der Waals surface area contributed by atoms with E-state index in [1.54, 1.807) is 12.1 Å². The molecule has 4 heterocycles. The highest BCUT2D eigenvalue weighted by Crippen LogP contribution is 2.38. The van der Waals surface area contributed by atoms with E-state index in [1.165, 1.54) is 16.2 Å². The van der Waals surface area contributed by atoms with Gasteiger partial charge in [-0.05, 0) is 51.3 Å². The van der Waals surface area contributed by atoms with Crippen LogP contribution >= 0.6 is 11.3 Å². The van der Waals surface area contributed by atoms with Gasteiger partial charge in [0.15, 0.2) is 0 Å². The summed E-state index contributed by atoms with van der Waals surface area (Å²) >= 11 is 1.45. The number of rotatable bonds is 10. The number of urea groups is 1. The highest BCUT2D eigenvalue weighted by molar-refractivity contribution is 7.18. The van der Waals surface area contributed by atoms with Crippen LogP contribution in [0.4, 0.5) is 10.6 Å². The van der Waals surface area contributed by atoms with Crippen molar-refractivity contribution in [2.75, 3.05) is 18.5 Å². The Labute approximate surface area is 247 Å². The van der Waals surface area contributed by atoms with Crippen LogP contribution < -0.4 is 25.4 Å². The molecule has 1 saturated heterocycles. The lowest BCUT2D eigenvalue weighted by molar-refractivity contribution is -0.136. The van der Waals surface area contributed by atoms with Gasteiger partial charge in [0, 0.05) is 12.5 Å². The number of imide groups is 1. The first kappa shape index (κ1) is 29.2. The molecule has 2 aliphatic heterocycles. The number of hydrogen-bond donors (Lipinski definition) is 3. The Morgan fingerprint density at radius 1 is 1.12 bits per heavy atom. The number of piperidine rings is 1. The summed E-state index contributed by atoms with van der Waals surface area (Å²) in [4.78, 5) is 60.5. The van der Waals surface area contributed by atoms with Crippen molar-refractivity contribution >= 4 is 51.1 Å². The molecule has 1 fully saturated rings. The van der Waals surface area contributed by atoms with Crippen LogP contribution in [0.3, 0.4) is 0 Å². The number of nitrogens with one attached hydrogen (secondary N) is 3. The van der Waals surface area contributed by atoms with Crippen molar-refractivity contribution in [3.63, 3.8) is 0 Å². The molecule has 42 heavy (non-hydrogen) atoms. The fourth-order valence-corrected chi connectivity index (χ4v) is 5.93. The molecule has 13 heteroatoms. The third-order valence-electron chi connectivity index (χ3n) is 6.94. The number of benzene rings is 1. The van der Waals surface area contributed by atoms with Crippen LogP contribution in [0.15, 0.2) is 24.3 Å². The monoisotopic (exact) mass is 594 g/mol. The van der Waals surface area contributed by atoms with E-state index in [0.29, 0.717) is 46.5 Å². The number of pyridine rings is 1. The van der Waals surface area contributed by atoms with Gasteiger partial charge in [-0.15, -0.1) is 11.3 Å². The third kappa shape index (κ3) is 6.01. The first-order valence-electron chi connectivity index (χ1n) is 14.0. The molecule has 2 aromatic heterocycles. The predicted octanol–water partition coefficient (Wildman–Crippen LogP) is 4.09. The Bertz CT molecular complexity index is 1550. The molecule has 12 nitrogen and oxygen atoms in total. The topological polar surface area (TPSA) is 152 Å². The molecule has 222 valence electrons. The zero-order valence-electron chi connectivity index (χ0n) is 24.0. The lowest BCUT2D eigenvalue weighted by atomic mass is 10.0. The maximum Gasteiger partial charge on any atom is 0.321 e. The van der Waals surface area contributed by atoms with Crippen molar-refractivity contribution in [3.05, 3.63) is 40.5 Å². The van der Waals surface area contributed by atoms with Gasteiger partial charge in [-0.3, -0.25) is 25.0 Å². The predicted molar refractivity (Wildman–Crippen MR) is 157 cm³/mol. The second-order valence-corrected chi connectivity index (χ2v) is 11.8. The zero-order valence-corrected chi connectivity index (χ0v) is 24.9. The summed E-state index contributed by atoms with van der Waals surface area (Å²) in [5.74, 6) is 0.456. The molecule has 1 aromatic carbocycles. The van der Waals surface area contributed by atoms with E-state index in [0.717, 1.165) is 17.5 Å². The number of hydrogen-bond acceptors (Lipinski definition) is 9. The van der Waals surface area contributed by atoms with E-state index < -0.39 is 23.5 Å².